The Balaban J connectivity index is 1.86. The summed E-state index contributed by atoms with van der Waals surface area (Å²) in [6.07, 6.45) is 2.00. The van der Waals surface area contributed by atoms with Crippen molar-refractivity contribution in [1.82, 2.24) is 5.32 Å². The highest BCUT2D eigenvalue weighted by Gasteiger charge is 2.39. The molecule has 1 aromatic carbocycles. The summed E-state index contributed by atoms with van der Waals surface area (Å²) in [7, 11) is 0. The minimum atomic E-state index is 0.136. The molecule has 0 heterocycles. The molecule has 0 radical (unpaired) electrons. The summed E-state index contributed by atoms with van der Waals surface area (Å²) in [6, 6.07) is 10.8. The van der Waals surface area contributed by atoms with Crippen molar-refractivity contribution in [3.63, 3.8) is 0 Å². The van der Waals surface area contributed by atoms with Crippen molar-refractivity contribution in [2.24, 2.45) is 5.92 Å². The summed E-state index contributed by atoms with van der Waals surface area (Å²) in [5.74, 6) is 0.872. The van der Waals surface area contributed by atoms with E-state index in [4.69, 9.17) is 0 Å². The van der Waals surface area contributed by atoms with Crippen molar-refractivity contribution in [1.29, 1.82) is 0 Å². The lowest BCUT2D eigenvalue weighted by Crippen LogP contribution is -2.31. The first-order valence-electron chi connectivity index (χ1n) is 6.07. The Bertz CT molecular complexity index is 360. The molecule has 0 aliphatic heterocycles. The third-order valence-electron chi connectivity index (χ3n) is 3.41. The van der Waals surface area contributed by atoms with Crippen LogP contribution in [0.2, 0.25) is 0 Å². The summed E-state index contributed by atoms with van der Waals surface area (Å²) in [4.78, 5) is 11.7. The summed E-state index contributed by atoms with van der Waals surface area (Å²) in [5.41, 5.74) is 1.34. The molecule has 0 bridgehead atoms. The van der Waals surface area contributed by atoms with Crippen LogP contribution in [0, 0.1) is 5.92 Å². The van der Waals surface area contributed by atoms with Crippen molar-refractivity contribution in [3.05, 3.63) is 35.9 Å². The third-order valence-corrected chi connectivity index (χ3v) is 3.41. The molecule has 0 aromatic heterocycles. The summed E-state index contributed by atoms with van der Waals surface area (Å²) in [6.45, 7) is 4.03. The van der Waals surface area contributed by atoms with E-state index in [1.165, 1.54) is 5.56 Å². The maximum atomic E-state index is 11.7. The molecule has 3 atom stereocenters. The van der Waals surface area contributed by atoms with Gasteiger partial charge in [-0.05, 0) is 18.4 Å². The molecule has 1 fully saturated rings. The summed E-state index contributed by atoms with van der Waals surface area (Å²) >= 11 is 0. The quantitative estimate of drug-likeness (QED) is 0.825. The zero-order valence-corrected chi connectivity index (χ0v) is 9.94. The molecular weight excluding hydrogens is 198 g/mol. The number of rotatable bonds is 4. The van der Waals surface area contributed by atoms with E-state index >= 15 is 0 Å². The van der Waals surface area contributed by atoms with Crippen LogP contribution in [0.15, 0.2) is 30.3 Å². The van der Waals surface area contributed by atoms with Crippen LogP contribution in [0.25, 0.3) is 0 Å². The Morgan fingerprint density at radius 1 is 1.44 bits per heavy atom. The van der Waals surface area contributed by atoms with Crippen LogP contribution in [0.4, 0.5) is 0 Å². The SMILES string of the molecule is CCC(C)C(=O)N[C@H]1C[C@H]1c1ccccc1. The van der Waals surface area contributed by atoms with Gasteiger partial charge < -0.3 is 5.32 Å². The van der Waals surface area contributed by atoms with Crippen molar-refractivity contribution in [3.8, 4) is 0 Å². The predicted molar refractivity (Wildman–Crippen MR) is 65.2 cm³/mol. The van der Waals surface area contributed by atoms with Gasteiger partial charge in [-0.3, -0.25) is 4.79 Å². The average Bonchev–Trinajstić information content (AvgIpc) is 3.08. The Hall–Kier alpha value is -1.31. The highest BCUT2D eigenvalue weighted by Crippen LogP contribution is 2.40. The van der Waals surface area contributed by atoms with Gasteiger partial charge in [0.1, 0.15) is 0 Å². The summed E-state index contributed by atoms with van der Waals surface area (Å²) in [5, 5.41) is 3.11. The first kappa shape index (κ1) is 11.2. The molecule has 1 N–H and O–H groups in total. The maximum absolute atomic E-state index is 11.7. The topological polar surface area (TPSA) is 29.1 Å². The Labute approximate surface area is 97.1 Å². The molecule has 2 heteroatoms. The van der Waals surface area contributed by atoms with Gasteiger partial charge in [0, 0.05) is 17.9 Å². The standard InChI is InChI=1S/C14H19NO/c1-3-10(2)14(16)15-13-9-12(13)11-7-5-4-6-8-11/h4-8,10,12-13H,3,9H2,1-2H3,(H,15,16)/t10?,12-,13-/m0/s1. The lowest BCUT2D eigenvalue weighted by atomic mass is 10.1. The fourth-order valence-electron chi connectivity index (χ4n) is 1.93. The molecular formula is C14H19NO. The lowest BCUT2D eigenvalue weighted by Gasteiger charge is -2.09. The normalized spacial score (nSPS) is 24.9. The smallest absolute Gasteiger partial charge is 0.223 e. The molecule has 1 unspecified atom stereocenters. The molecule has 1 aliphatic rings. The fourth-order valence-corrected chi connectivity index (χ4v) is 1.93. The highest BCUT2D eigenvalue weighted by atomic mass is 16.1. The Morgan fingerprint density at radius 2 is 2.12 bits per heavy atom. The van der Waals surface area contributed by atoms with E-state index in [9.17, 15) is 4.79 Å². The van der Waals surface area contributed by atoms with E-state index < -0.39 is 0 Å². The number of benzene rings is 1. The fraction of sp³-hybridized carbons (Fsp3) is 0.500. The number of hydrogen-bond acceptors (Lipinski definition) is 1. The average molecular weight is 217 g/mol. The van der Waals surface area contributed by atoms with E-state index in [1.54, 1.807) is 0 Å². The van der Waals surface area contributed by atoms with Crippen LogP contribution in [0.1, 0.15) is 38.2 Å². The van der Waals surface area contributed by atoms with Crippen LogP contribution < -0.4 is 5.32 Å². The van der Waals surface area contributed by atoms with Gasteiger partial charge >= 0.3 is 0 Å². The Kier molecular flexibility index (Phi) is 3.28. The van der Waals surface area contributed by atoms with Gasteiger partial charge in [0.2, 0.25) is 5.91 Å². The molecule has 0 saturated heterocycles. The van der Waals surface area contributed by atoms with E-state index in [2.05, 4.69) is 29.6 Å². The molecule has 1 amide bonds. The van der Waals surface area contributed by atoms with Gasteiger partial charge in [-0.1, -0.05) is 44.2 Å². The van der Waals surface area contributed by atoms with Crippen molar-refractivity contribution in [2.75, 3.05) is 0 Å². The number of hydrogen-bond donors (Lipinski definition) is 1. The number of carbonyl (C=O) groups excluding carboxylic acids is 1. The maximum Gasteiger partial charge on any atom is 0.223 e. The summed E-state index contributed by atoms with van der Waals surface area (Å²) < 4.78 is 0. The van der Waals surface area contributed by atoms with Crippen LogP contribution in [-0.4, -0.2) is 11.9 Å². The molecule has 16 heavy (non-hydrogen) atoms. The van der Waals surface area contributed by atoms with Gasteiger partial charge in [-0.2, -0.15) is 0 Å². The second-order valence-corrected chi connectivity index (χ2v) is 4.68. The molecule has 2 rings (SSSR count). The molecule has 2 nitrogen and oxygen atoms in total. The van der Waals surface area contributed by atoms with Crippen LogP contribution in [-0.2, 0) is 4.79 Å². The third kappa shape index (κ3) is 2.43. The minimum Gasteiger partial charge on any atom is -0.353 e. The van der Waals surface area contributed by atoms with Crippen molar-refractivity contribution >= 4 is 5.91 Å². The van der Waals surface area contributed by atoms with Crippen molar-refractivity contribution < 1.29 is 4.79 Å². The van der Waals surface area contributed by atoms with Gasteiger partial charge in [0.25, 0.3) is 0 Å². The zero-order valence-electron chi connectivity index (χ0n) is 9.94. The molecule has 1 saturated carbocycles. The van der Waals surface area contributed by atoms with Crippen molar-refractivity contribution in [2.45, 2.75) is 38.6 Å². The van der Waals surface area contributed by atoms with Crippen LogP contribution in [0.5, 0.6) is 0 Å². The van der Waals surface area contributed by atoms with Gasteiger partial charge in [-0.15, -0.1) is 0 Å². The molecule has 0 spiro atoms. The van der Waals surface area contributed by atoms with E-state index in [0.717, 1.165) is 12.8 Å². The van der Waals surface area contributed by atoms with Gasteiger partial charge in [0.15, 0.2) is 0 Å². The number of amides is 1. The minimum absolute atomic E-state index is 0.136. The predicted octanol–water partition coefficient (Wildman–Crippen LogP) is 2.70. The van der Waals surface area contributed by atoms with E-state index in [1.807, 2.05) is 19.9 Å². The number of nitrogens with one attached hydrogen (secondary N) is 1. The first-order valence-corrected chi connectivity index (χ1v) is 6.07. The second kappa shape index (κ2) is 4.69. The van der Waals surface area contributed by atoms with E-state index in [-0.39, 0.29) is 11.8 Å². The second-order valence-electron chi connectivity index (χ2n) is 4.68. The zero-order chi connectivity index (χ0) is 11.5. The molecule has 1 aromatic rings. The Morgan fingerprint density at radius 3 is 2.75 bits per heavy atom. The molecule has 1 aliphatic carbocycles. The highest BCUT2D eigenvalue weighted by molar-refractivity contribution is 5.79. The largest absolute Gasteiger partial charge is 0.353 e. The number of carbonyl (C=O) groups is 1. The first-order chi connectivity index (χ1) is 7.72. The van der Waals surface area contributed by atoms with E-state index in [0.29, 0.717) is 12.0 Å². The lowest BCUT2D eigenvalue weighted by molar-refractivity contribution is -0.124. The van der Waals surface area contributed by atoms with Crippen LogP contribution in [0.3, 0.4) is 0 Å². The van der Waals surface area contributed by atoms with Crippen LogP contribution >= 0.6 is 0 Å². The molecule has 86 valence electrons. The van der Waals surface area contributed by atoms with Gasteiger partial charge in [-0.25, -0.2) is 0 Å². The van der Waals surface area contributed by atoms with Gasteiger partial charge in [0.05, 0.1) is 0 Å². The monoisotopic (exact) mass is 217 g/mol.